The van der Waals surface area contributed by atoms with Crippen LogP contribution >= 0.6 is 0 Å². The lowest BCUT2D eigenvalue weighted by atomic mass is 10.1. The van der Waals surface area contributed by atoms with Crippen molar-refractivity contribution in [1.82, 2.24) is 25.0 Å². The molecule has 0 atom stereocenters. The molecule has 0 aliphatic rings. The van der Waals surface area contributed by atoms with E-state index in [1.807, 2.05) is 0 Å². The molecule has 3 rings (SSSR count). The minimum Gasteiger partial charge on any atom is -0.494 e. The van der Waals surface area contributed by atoms with Crippen molar-refractivity contribution in [1.29, 1.82) is 0 Å². The Morgan fingerprint density at radius 3 is 2.73 bits per heavy atom. The first-order valence-corrected chi connectivity index (χ1v) is 7.94. The number of aryl methyl sites for hydroxylation is 1. The zero-order chi connectivity index (χ0) is 18.4. The molecule has 0 saturated heterocycles. The van der Waals surface area contributed by atoms with Gasteiger partial charge in [0, 0.05) is 0 Å². The van der Waals surface area contributed by atoms with Gasteiger partial charge in [-0.15, -0.1) is 5.10 Å². The van der Waals surface area contributed by atoms with Gasteiger partial charge in [-0.1, -0.05) is 5.21 Å². The summed E-state index contributed by atoms with van der Waals surface area (Å²) < 4.78 is 38.0. The Bertz CT molecular complexity index is 855. The zero-order valence-corrected chi connectivity index (χ0v) is 14.1. The van der Waals surface area contributed by atoms with Gasteiger partial charge in [-0.2, -0.15) is 9.97 Å². The summed E-state index contributed by atoms with van der Waals surface area (Å²) in [7, 11) is 1.52. The fourth-order valence-corrected chi connectivity index (χ4v) is 2.27. The first-order chi connectivity index (χ1) is 12.7. The van der Waals surface area contributed by atoms with Gasteiger partial charge in [-0.3, -0.25) is 4.39 Å². The summed E-state index contributed by atoms with van der Waals surface area (Å²) in [5.74, 6) is 0.172. The normalized spacial score (nSPS) is 10.7. The second-order valence-electron chi connectivity index (χ2n) is 5.42. The third kappa shape index (κ3) is 4.29. The summed E-state index contributed by atoms with van der Waals surface area (Å²) in [6.07, 6.45) is 5.26. The molecule has 2 aromatic heterocycles. The molecule has 2 heterocycles. The van der Waals surface area contributed by atoms with Crippen LogP contribution in [0.2, 0.25) is 0 Å². The molecule has 1 aromatic carbocycles. The van der Waals surface area contributed by atoms with Crippen LogP contribution in [0.25, 0.3) is 5.69 Å². The number of methoxy groups -OCH3 is 1. The van der Waals surface area contributed by atoms with Crippen LogP contribution in [0.5, 0.6) is 11.8 Å². The van der Waals surface area contributed by atoms with E-state index in [-0.39, 0.29) is 24.9 Å². The average Bonchev–Trinajstić information content (AvgIpc) is 3.15. The third-order valence-electron chi connectivity index (χ3n) is 3.60. The minimum absolute atomic E-state index is 0.127. The largest absolute Gasteiger partial charge is 0.494 e. The number of aromatic nitrogens is 5. The highest BCUT2D eigenvalue weighted by Crippen LogP contribution is 2.16. The maximum atomic E-state index is 13.8. The number of hydrogen-bond donors (Lipinski definition) is 0. The third-order valence-corrected chi connectivity index (χ3v) is 3.60. The quantitative estimate of drug-likeness (QED) is 0.614. The first-order valence-electron chi connectivity index (χ1n) is 7.94. The van der Waals surface area contributed by atoms with Crippen LogP contribution in [-0.4, -0.2) is 38.7 Å². The molecule has 26 heavy (non-hydrogen) atoms. The maximum absolute atomic E-state index is 13.8. The Hall–Kier alpha value is -3.10. The van der Waals surface area contributed by atoms with E-state index in [9.17, 15) is 8.78 Å². The Labute approximate surface area is 148 Å². The summed E-state index contributed by atoms with van der Waals surface area (Å²) in [6, 6.07) is 4.75. The van der Waals surface area contributed by atoms with Crippen LogP contribution in [0, 0.1) is 5.82 Å². The first kappa shape index (κ1) is 17.7. The van der Waals surface area contributed by atoms with Gasteiger partial charge >= 0.3 is 6.01 Å². The molecule has 3 aromatic rings. The molecule has 0 aliphatic carbocycles. The van der Waals surface area contributed by atoms with E-state index in [0.717, 1.165) is 0 Å². The van der Waals surface area contributed by atoms with Crippen molar-refractivity contribution in [2.24, 2.45) is 0 Å². The van der Waals surface area contributed by atoms with Gasteiger partial charge < -0.3 is 9.47 Å². The lowest BCUT2D eigenvalue weighted by Gasteiger charge is -2.05. The van der Waals surface area contributed by atoms with Crippen molar-refractivity contribution in [2.45, 2.75) is 19.4 Å². The lowest BCUT2D eigenvalue weighted by Crippen LogP contribution is -2.00. The van der Waals surface area contributed by atoms with Crippen molar-refractivity contribution in [3.8, 4) is 17.4 Å². The highest BCUT2D eigenvalue weighted by molar-refractivity contribution is 5.36. The fourth-order valence-electron chi connectivity index (χ4n) is 2.27. The second kappa shape index (κ2) is 8.32. The highest BCUT2D eigenvalue weighted by atomic mass is 19.1. The molecule has 0 unspecified atom stereocenters. The molecule has 0 bridgehead atoms. The summed E-state index contributed by atoms with van der Waals surface area (Å²) in [5.41, 5.74) is 1.64. The Morgan fingerprint density at radius 1 is 1.19 bits per heavy atom. The van der Waals surface area contributed by atoms with Crippen molar-refractivity contribution in [2.75, 3.05) is 13.8 Å². The summed E-state index contributed by atoms with van der Waals surface area (Å²) in [5, 5.41) is 8.02. The van der Waals surface area contributed by atoms with E-state index in [2.05, 4.69) is 20.3 Å². The molecule has 0 spiro atoms. The van der Waals surface area contributed by atoms with Gasteiger partial charge in [0.25, 0.3) is 0 Å². The van der Waals surface area contributed by atoms with Gasteiger partial charge in [0.15, 0.2) is 5.75 Å². The van der Waals surface area contributed by atoms with Crippen molar-refractivity contribution in [3.63, 3.8) is 0 Å². The van der Waals surface area contributed by atoms with E-state index in [4.69, 9.17) is 9.47 Å². The van der Waals surface area contributed by atoms with Crippen molar-refractivity contribution < 1.29 is 18.3 Å². The van der Waals surface area contributed by atoms with Gasteiger partial charge in [-0.05, 0) is 36.6 Å². The molecule has 0 N–H and O–H groups in total. The number of benzene rings is 1. The van der Waals surface area contributed by atoms with Crippen LogP contribution in [-0.2, 0) is 13.0 Å². The van der Waals surface area contributed by atoms with E-state index in [0.29, 0.717) is 29.1 Å². The minimum atomic E-state index is -0.484. The monoisotopic (exact) mass is 361 g/mol. The maximum Gasteiger partial charge on any atom is 0.316 e. The van der Waals surface area contributed by atoms with Gasteiger partial charge in [0.1, 0.15) is 18.1 Å². The topological polar surface area (TPSA) is 75.0 Å². The molecule has 7 nitrogen and oxygen atoms in total. The zero-order valence-electron chi connectivity index (χ0n) is 14.1. The molecular weight excluding hydrogens is 344 g/mol. The van der Waals surface area contributed by atoms with E-state index in [1.165, 1.54) is 30.3 Å². The lowest BCUT2D eigenvalue weighted by molar-refractivity contribution is 0.274. The molecule has 0 aliphatic heterocycles. The van der Waals surface area contributed by atoms with Crippen molar-refractivity contribution in [3.05, 3.63) is 53.9 Å². The number of rotatable bonds is 8. The number of ether oxygens (including phenoxy) is 2. The van der Waals surface area contributed by atoms with Crippen LogP contribution < -0.4 is 9.47 Å². The molecule has 136 valence electrons. The number of halogens is 2. The molecule has 0 saturated carbocycles. The average molecular weight is 361 g/mol. The number of alkyl halides is 1. The number of nitrogens with zero attached hydrogens (tertiary/aromatic N) is 5. The van der Waals surface area contributed by atoms with E-state index >= 15 is 0 Å². The van der Waals surface area contributed by atoms with Crippen LogP contribution in [0.1, 0.15) is 17.7 Å². The molecule has 0 radical (unpaired) electrons. The standard InChI is InChI=1S/C17H17F2N5O2/c1-25-15-8-20-17(21-9-15)26-11-13-10-24(23-22-13)14-4-5-16(19)12(7-14)3-2-6-18/h4-5,7-10H,2-3,6,11H2,1H3. The summed E-state index contributed by atoms with van der Waals surface area (Å²) in [6.45, 7) is -0.357. The van der Waals surface area contributed by atoms with Gasteiger partial charge in [-0.25, -0.2) is 9.07 Å². The smallest absolute Gasteiger partial charge is 0.316 e. The van der Waals surface area contributed by atoms with Crippen molar-refractivity contribution >= 4 is 0 Å². The van der Waals surface area contributed by atoms with E-state index in [1.54, 1.807) is 18.3 Å². The SMILES string of the molecule is COc1cnc(OCc2cn(-c3ccc(F)c(CCCF)c3)nn2)nc1. The predicted molar refractivity (Wildman–Crippen MR) is 88.5 cm³/mol. The van der Waals surface area contributed by atoms with Gasteiger partial charge in [0.2, 0.25) is 0 Å². The van der Waals surface area contributed by atoms with Crippen LogP contribution in [0.4, 0.5) is 8.78 Å². The summed E-state index contributed by atoms with van der Waals surface area (Å²) >= 11 is 0. The van der Waals surface area contributed by atoms with E-state index < -0.39 is 6.67 Å². The Kier molecular flexibility index (Phi) is 5.67. The predicted octanol–water partition coefficient (Wildman–Crippen LogP) is 2.69. The number of hydrogen-bond acceptors (Lipinski definition) is 6. The Morgan fingerprint density at radius 2 is 2.00 bits per heavy atom. The van der Waals surface area contributed by atoms with Crippen LogP contribution in [0.15, 0.2) is 36.8 Å². The Balaban J connectivity index is 1.67. The second-order valence-corrected chi connectivity index (χ2v) is 5.42. The molecule has 9 heteroatoms. The molecule has 0 amide bonds. The van der Waals surface area contributed by atoms with Gasteiger partial charge in [0.05, 0.1) is 38.1 Å². The molecular formula is C17H17F2N5O2. The van der Waals surface area contributed by atoms with Crippen LogP contribution in [0.3, 0.4) is 0 Å². The highest BCUT2D eigenvalue weighted by Gasteiger charge is 2.09. The fraction of sp³-hybridized carbons (Fsp3) is 0.294. The molecule has 0 fully saturated rings. The summed E-state index contributed by atoms with van der Waals surface area (Å²) in [4.78, 5) is 7.99.